The molecule has 0 saturated carbocycles. The number of imide groups is 1. The summed E-state index contributed by atoms with van der Waals surface area (Å²) in [6.07, 6.45) is 3.62. The summed E-state index contributed by atoms with van der Waals surface area (Å²) >= 11 is 1.21. The molecular weight excluding hydrogens is 409 g/mol. The van der Waals surface area contributed by atoms with Gasteiger partial charge in [-0.2, -0.15) is 0 Å². The van der Waals surface area contributed by atoms with Crippen LogP contribution in [0.3, 0.4) is 0 Å². The van der Waals surface area contributed by atoms with E-state index < -0.39 is 23.8 Å². The number of anilines is 1. The van der Waals surface area contributed by atoms with Gasteiger partial charge in [0.2, 0.25) is 5.95 Å². The van der Waals surface area contributed by atoms with Gasteiger partial charge >= 0.3 is 6.09 Å². The average molecular weight is 434 g/mol. The summed E-state index contributed by atoms with van der Waals surface area (Å²) in [5.74, 6) is 0.101. The van der Waals surface area contributed by atoms with Gasteiger partial charge in [-0.15, -0.1) is 11.3 Å². The smallest absolute Gasteiger partial charge is 0.417 e. The largest absolute Gasteiger partial charge is 0.443 e. The van der Waals surface area contributed by atoms with Crippen molar-refractivity contribution in [2.75, 3.05) is 24.5 Å². The molecule has 2 amide bonds. The maximum Gasteiger partial charge on any atom is 0.417 e. The molecule has 4 rings (SSSR count). The van der Waals surface area contributed by atoms with Crippen LogP contribution >= 0.6 is 11.3 Å². The van der Waals surface area contributed by atoms with Crippen LogP contribution in [-0.2, 0) is 11.2 Å². The van der Waals surface area contributed by atoms with E-state index in [4.69, 9.17) is 4.74 Å². The van der Waals surface area contributed by atoms with E-state index in [1.165, 1.54) is 11.3 Å². The van der Waals surface area contributed by atoms with E-state index in [-0.39, 0.29) is 6.54 Å². The number of aromatic nitrogens is 3. The number of thiazole rings is 1. The predicted octanol–water partition coefficient (Wildman–Crippen LogP) is 3.47. The SMILES string of the molecule is CC(C)(C)OC(=O)N1CCc2nc(-c3cnc(N4CCC[C@H](F)C4)nc3)sc2C1=O. The Morgan fingerprint density at radius 1 is 1.27 bits per heavy atom. The number of hydrogen-bond acceptors (Lipinski definition) is 8. The standard InChI is InChI=1S/C20H24FN5O3S/c1-20(2,3)29-19(28)26-8-6-14-15(17(26)27)30-16(24-14)12-9-22-18(23-10-12)25-7-4-5-13(21)11-25/h9-10,13H,4-8,11H2,1-3H3/t13-/m0/s1. The van der Waals surface area contributed by atoms with E-state index in [0.717, 1.165) is 17.9 Å². The summed E-state index contributed by atoms with van der Waals surface area (Å²) in [7, 11) is 0. The zero-order valence-corrected chi connectivity index (χ0v) is 18.0. The minimum atomic E-state index is -0.855. The first-order chi connectivity index (χ1) is 14.2. The third kappa shape index (κ3) is 4.28. The number of alkyl halides is 1. The highest BCUT2D eigenvalue weighted by atomic mass is 32.1. The molecule has 2 aromatic rings. The van der Waals surface area contributed by atoms with Crippen LogP contribution in [0.1, 0.15) is 49.0 Å². The molecule has 1 atom stereocenters. The molecule has 0 spiro atoms. The third-order valence-corrected chi connectivity index (χ3v) is 5.99. The van der Waals surface area contributed by atoms with Gasteiger partial charge in [-0.25, -0.2) is 29.0 Å². The molecule has 160 valence electrons. The van der Waals surface area contributed by atoms with Crippen molar-refractivity contribution in [3.63, 3.8) is 0 Å². The third-order valence-electron chi connectivity index (χ3n) is 4.85. The van der Waals surface area contributed by atoms with Gasteiger partial charge in [0, 0.05) is 37.5 Å². The Balaban J connectivity index is 1.51. The van der Waals surface area contributed by atoms with Crippen molar-refractivity contribution in [1.82, 2.24) is 19.9 Å². The topological polar surface area (TPSA) is 88.5 Å². The first-order valence-electron chi connectivity index (χ1n) is 9.97. The number of ether oxygens (including phenoxy) is 1. The van der Waals surface area contributed by atoms with Crippen molar-refractivity contribution < 1.29 is 18.7 Å². The second-order valence-corrected chi connectivity index (χ2v) is 9.44. The van der Waals surface area contributed by atoms with Crippen LogP contribution in [0.4, 0.5) is 15.1 Å². The molecule has 1 fully saturated rings. The maximum atomic E-state index is 13.6. The first-order valence-corrected chi connectivity index (χ1v) is 10.8. The normalized spacial score (nSPS) is 19.6. The molecule has 0 radical (unpaired) electrons. The van der Waals surface area contributed by atoms with Crippen molar-refractivity contribution in [2.24, 2.45) is 0 Å². The number of piperidine rings is 1. The number of amides is 2. The number of nitrogens with zero attached hydrogens (tertiary/aromatic N) is 5. The monoisotopic (exact) mass is 433 g/mol. The Labute approximate surface area is 178 Å². The van der Waals surface area contributed by atoms with Gasteiger partial charge < -0.3 is 9.64 Å². The summed E-state index contributed by atoms with van der Waals surface area (Å²) in [5.41, 5.74) is 0.676. The number of carbonyl (C=O) groups excluding carboxylic acids is 2. The lowest BCUT2D eigenvalue weighted by Gasteiger charge is -2.28. The molecule has 0 aromatic carbocycles. The van der Waals surface area contributed by atoms with Gasteiger partial charge in [0.25, 0.3) is 5.91 Å². The van der Waals surface area contributed by atoms with Crippen molar-refractivity contribution in [1.29, 1.82) is 0 Å². The number of hydrogen-bond donors (Lipinski definition) is 0. The van der Waals surface area contributed by atoms with Crippen LogP contribution < -0.4 is 4.90 Å². The van der Waals surface area contributed by atoms with E-state index >= 15 is 0 Å². The Kier molecular flexibility index (Phi) is 5.44. The minimum absolute atomic E-state index is 0.235. The molecule has 30 heavy (non-hydrogen) atoms. The Bertz CT molecular complexity index is 956. The molecule has 8 nitrogen and oxygen atoms in total. The van der Waals surface area contributed by atoms with Crippen molar-refractivity contribution in [3.8, 4) is 10.6 Å². The fraction of sp³-hybridized carbons (Fsp3) is 0.550. The van der Waals surface area contributed by atoms with Crippen LogP contribution in [0.5, 0.6) is 0 Å². The van der Waals surface area contributed by atoms with Crippen LogP contribution in [0.25, 0.3) is 10.6 Å². The maximum absolute atomic E-state index is 13.6. The van der Waals surface area contributed by atoms with Crippen molar-refractivity contribution >= 4 is 29.3 Å². The highest BCUT2D eigenvalue weighted by molar-refractivity contribution is 7.17. The van der Waals surface area contributed by atoms with E-state index in [9.17, 15) is 14.0 Å². The molecule has 2 aliphatic rings. The van der Waals surface area contributed by atoms with Crippen LogP contribution in [0, 0.1) is 0 Å². The van der Waals surface area contributed by atoms with Crippen molar-refractivity contribution in [2.45, 2.75) is 51.8 Å². The second-order valence-electron chi connectivity index (χ2n) is 8.44. The Morgan fingerprint density at radius 2 is 2.00 bits per heavy atom. The molecule has 2 aliphatic heterocycles. The van der Waals surface area contributed by atoms with Crippen LogP contribution in [0.2, 0.25) is 0 Å². The van der Waals surface area contributed by atoms with Crippen LogP contribution in [0.15, 0.2) is 12.4 Å². The van der Waals surface area contributed by atoms with E-state index in [2.05, 4.69) is 15.0 Å². The number of rotatable bonds is 2. The predicted molar refractivity (Wildman–Crippen MR) is 110 cm³/mol. The zero-order chi connectivity index (χ0) is 21.5. The second kappa shape index (κ2) is 7.90. The summed E-state index contributed by atoms with van der Waals surface area (Å²) in [6, 6.07) is 0. The van der Waals surface area contributed by atoms with Gasteiger partial charge in [0.1, 0.15) is 21.7 Å². The number of carbonyl (C=O) groups is 2. The zero-order valence-electron chi connectivity index (χ0n) is 17.2. The summed E-state index contributed by atoms with van der Waals surface area (Å²) in [5, 5.41) is 0.618. The van der Waals surface area contributed by atoms with Gasteiger partial charge in [-0.1, -0.05) is 0 Å². The van der Waals surface area contributed by atoms with E-state index in [1.807, 2.05) is 4.90 Å². The highest BCUT2D eigenvalue weighted by Crippen LogP contribution is 2.32. The fourth-order valence-electron chi connectivity index (χ4n) is 3.45. The summed E-state index contributed by atoms with van der Waals surface area (Å²) < 4.78 is 19.0. The first kappa shape index (κ1) is 20.6. The number of fused-ring (bicyclic) bond motifs is 1. The van der Waals surface area contributed by atoms with Crippen molar-refractivity contribution in [3.05, 3.63) is 23.0 Å². The van der Waals surface area contributed by atoms with Gasteiger partial charge in [-0.05, 0) is 33.6 Å². The summed E-state index contributed by atoms with van der Waals surface area (Å²) in [4.78, 5) is 41.8. The highest BCUT2D eigenvalue weighted by Gasteiger charge is 2.35. The molecule has 10 heteroatoms. The Hall–Kier alpha value is -2.62. The van der Waals surface area contributed by atoms with Gasteiger partial charge in [0.05, 0.1) is 12.2 Å². The lowest BCUT2D eigenvalue weighted by Crippen LogP contribution is -2.44. The fourth-order valence-corrected chi connectivity index (χ4v) is 4.48. The molecule has 2 aromatic heterocycles. The average Bonchev–Trinajstić information content (AvgIpc) is 3.12. The van der Waals surface area contributed by atoms with Gasteiger partial charge in [0.15, 0.2) is 0 Å². The molecule has 4 heterocycles. The molecule has 0 N–H and O–H groups in total. The molecule has 0 aliphatic carbocycles. The Morgan fingerprint density at radius 3 is 2.67 bits per heavy atom. The molecule has 0 unspecified atom stereocenters. The lowest BCUT2D eigenvalue weighted by molar-refractivity contribution is 0.0235. The summed E-state index contributed by atoms with van der Waals surface area (Å²) in [6.45, 7) is 6.56. The lowest BCUT2D eigenvalue weighted by atomic mass is 10.1. The van der Waals surface area contributed by atoms with Gasteiger partial charge in [-0.3, -0.25) is 4.79 Å². The van der Waals surface area contributed by atoms with E-state index in [0.29, 0.717) is 46.5 Å². The number of halogens is 1. The van der Waals surface area contributed by atoms with E-state index in [1.54, 1.807) is 33.2 Å². The van der Waals surface area contributed by atoms with Crippen LogP contribution in [-0.4, -0.2) is 63.3 Å². The molecule has 1 saturated heterocycles. The quantitative estimate of drug-likeness (QED) is 0.716. The molecular formula is C20H24FN5O3S. The molecule has 0 bridgehead atoms. The minimum Gasteiger partial charge on any atom is -0.443 e.